The first kappa shape index (κ1) is 65.9. The molecule has 0 fully saturated rings. The highest BCUT2D eigenvalue weighted by molar-refractivity contribution is 5.70. The van der Waals surface area contributed by atoms with Crippen LogP contribution in [0.1, 0.15) is 316 Å². The predicted molar refractivity (Wildman–Crippen MR) is 298 cm³/mol. The smallest absolute Gasteiger partial charge is 0.306 e. The Balaban J connectivity index is 4.27. The number of carbonyl (C=O) groups is 2. The zero-order valence-electron chi connectivity index (χ0n) is 45.9. The van der Waals surface area contributed by atoms with E-state index in [9.17, 15) is 9.59 Å². The van der Waals surface area contributed by atoms with E-state index in [1.165, 1.54) is 212 Å². The molecule has 0 aliphatic carbocycles. The van der Waals surface area contributed by atoms with Crippen molar-refractivity contribution in [2.45, 2.75) is 322 Å². The standard InChI is InChI=1S/C63H116O5/c1-4-7-10-13-16-19-22-25-28-31-34-37-40-43-46-49-52-55-58-66-59-61(68-63(65)57-54-51-48-45-42-39-36-33-30-27-24-21-18-15-12-9-6-3)60-67-62(64)56-53-50-47-44-41-38-35-32-29-26-23-20-17-14-11-8-5-2/h7,10,16,19,25,28,34,37,61H,4-6,8-9,11-15,17-18,20-24,26-27,29-33,35-36,38-60H2,1-3H3/b10-7-,19-16-,28-25-,37-34-. The van der Waals surface area contributed by atoms with Gasteiger partial charge in [-0.1, -0.05) is 294 Å². The number of hydrogen-bond donors (Lipinski definition) is 0. The van der Waals surface area contributed by atoms with E-state index in [1.54, 1.807) is 0 Å². The zero-order chi connectivity index (χ0) is 49.2. The number of unbranched alkanes of at least 4 members (excludes halogenated alkanes) is 37. The highest BCUT2D eigenvalue weighted by Crippen LogP contribution is 2.17. The summed E-state index contributed by atoms with van der Waals surface area (Å²) in [6.45, 7) is 7.74. The molecule has 0 N–H and O–H groups in total. The van der Waals surface area contributed by atoms with Crippen LogP contribution < -0.4 is 0 Å². The van der Waals surface area contributed by atoms with Crippen LogP contribution >= 0.6 is 0 Å². The van der Waals surface area contributed by atoms with Crippen LogP contribution in [0.15, 0.2) is 48.6 Å². The molecule has 0 aliphatic rings. The third-order valence-electron chi connectivity index (χ3n) is 13.4. The Morgan fingerprint density at radius 1 is 0.338 bits per heavy atom. The molecule has 0 aliphatic heterocycles. The summed E-state index contributed by atoms with van der Waals surface area (Å²) in [4.78, 5) is 25.6. The van der Waals surface area contributed by atoms with Gasteiger partial charge in [0.25, 0.3) is 0 Å². The van der Waals surface area contributed by atoms with Crippen LogP contribution in [0.4, 0.5) is 0 Å². The normalized spacial score (nSPS) is 12.5. The fourth-order valence-electron chi connectivity index (χ4n) is 8.92. The first-order chi connectivity index (χ1) is 33.6. The lowest BCUT2D eigenvalue weighted by atomic mass is 10.0. The predicted octanol–water partition coefficient (Wildman–Crippen LogP) is 20.7. The highest BCUT2D eigenvalue weighted by Gasteiger charge is 2.17. The van der Waals surface area contributed by atoms with Gasteiger partial charge in [-0.25, -0.2) is 0 Å². The summed E-state index contributed by atoms with van der Waals surface area (Å²) in [5.74, 6) is -0.387. The molecule has 5 heteroatoms. The van der Waals surface area contributed by atoms with Gasteiger partial charge in [-0.3, -0.25) is 9.59 Å². The Labute approximate surface area is 424 Å². The van der Waals surface area contributed by atoms with Crippen molar-refractivity contribution in [2.75, 3.05) is 19.8 Å². The van der Waals surface area contributed by atoms with Gasteiger partial charge in [0.1, 0.15) is 6.61 Å². The second kappa shape index (κ2) is 59.2. The Hall–Kier alpha value is -2.14. The fourth-order valence-corrected chi connectivity index (χ4v) is 8.92. The Bertz CT molecular complexity index is 1120. The molecule has 0 spiro atoms. The largest absolute Gasteiger partial charge is 0.462 e. The summed E-state index contributed by atoms with van der Waals surface area (Å²) >= 11 is 0. The molecule has 0 aromatic carbocycles. The van der Waals surface area contributed by atoms with Crippen molar-refractivity contribution in [1.82, 2.24) is 0 Å². The molecule has 0 rings (SSSR count). The quantitative estimate of drug-likeness (QED) is 0.0345. The van der Waals surface area contributed by atoms with Crippen LogP contribution in [0.5, 0.6) is 0 Å². The molecule has 0 bridgehead atoms. The molecular formula is C63H116O5. The molecule has 0 heterocycles. The lowest BCUT2D eigenvalue weighted by Crippen LogP contribution is -2.30. The van der Waals surface area contributed by atoms with Crippen LogP contribution in [0.25, 0.3) is 0 Å². The molecule has 1 atom stereocenters. The van der Waals surface area contributed by atoms with Crippen molar-refractivity contribution in [1.29, 1.82) is 0 Å². The number of hydrogen-bond acceptors (Lipinski definition) is 5. The van der Waals surface area contributed by atoms with Crippen LogP contribution in [0.2, 0.25) is 0 Å². The molecule has 5 nitrogen and oxygen atoms in total. The van der Waals surface area contributed by atoms with E-state index in [-0.39, 0.29) is 25.2 Å². The Morgan fingerprint density at radius 3 is 1.06 bits per heavy atom. The van der Waals surface area contributed by atoms with Crippen LogP contribution in [0, 0.1) is 0 Å². The molecule has 1 unspecified atom stereocenters. The molecular weight excluding hydrogens is 837 g/mol. The van der Waals surface area contributed by atoms with E-state index >= 15 is 0 Å². The molecule has 68 heavy (non-hydrogen) atoms. The van der Waals surface area contributed by atoms with Crippen LogP contribution in [-0.4, -0.2) is 37.9 Å². The van der Waals surface area contributed by atoms with Gasteiger partial charge in [0, 0.05) is 19.4 Å². The van der Waals surface area contributed by atoms with Crippen LogP contribution in [0.3, 0.4) is 0 Å². The van der Waals surface area contributed by atoms with Crippen molar-refractivity contribution < 1.29 is 23.8 Å². The van der Waals surface area contributed by atoms with E-state index in [4.69, 9.17) is 14.2 Å². The number of allylic oxidation sites excluding steroid dienone is 8. The molecule has 0 saturated heterocycles. The maximum Gasteiger partial charge on any atom is 0.306 e. The summed E-state index contributed by atoms with van der Waals surface area (Å²) in [5.41, 5.74) is 0. The Morgan fingerprint density at radius 2 is 0.662 bits per heavy atom. The van der Waals surface area contributed by atoms with Crippen molar-refractivity contribution in [3.05, 3.63) is 48.6 Å². The van der Waals surface area contributed by atoms with Gasteiger partial charge in [0.2, 0.25) is 0 Å². The third-order valence-corrected chi connectivity index (χ3v) is 13.4. The highest BCUT2D eigenvalue weighted by atomic mass is 16.6. The topological polar surface area (TPSA) is 61.8 Å². The number of carbonyl (C=O) groups excluding carboxylic acids is 2. The molecule has 0 radical (unpaired) electrons. The molecule has 398 valence electrons. The summed E-state index contributed by atoms with van der Waals surface area (Å²) in [5, 5.41) is 0. The van der Waals surface area contributed by atoms with Crippen LogP contribution in [-0.2, 0) is 23.8 Å². The maximum absolute atomic E-state index is 12.9. The summed E-state index contributed by atoms with van der Waals surface area (Å²) in [7, 11) is 0. The van der Waals surface area contributed by atoms with Crippen molar-refractivity contribution >= 4 is 11.9 Å². The third kappa shape index (κ3) is 56.4. The van der Waals surface area contributed by atoms with E-state index in [1.807, 2.05) is 0 Å². The van der Waals surface area contributed by atoms with Gasteiger partial charge in [-0.05, 0) is 57.8 Å². The Kier molecular flexibility index (Phi) is 57.3. The average Bonchev–Trinajstić information content (AvgIpc) is 3.34. The van der Waals surface area contributed by atoms with Gasteiger partial charge in [0.05, 0.1) is 6.61 Å². The van der Waals surface area contributed by atoms with Crippen molar-refractivity contribution in [2.24, 2.45) is 0 Å². The van der Waals surface area contributed by atoms with Gasteiger partial charge >= 0.3 is 11.9 Å². The van der Waals surface area contributed by atoms with E-state index in [0.717, 1.165) is 70.6 Å². The first-order valence-corrected chi connectivity index (χ1v) is 30.2. The lowest BCUT2D eigenvalue weighted by molar-refractivity contribution is -0.163. The lowest BCUT2D eigenvalue weighted by Gasteiger charge is -2.18. The fraction of sp³-hybridized carbons (Fsp3) is 0.841. The maximum atomic E-state index is 12.9. The zero-order valence-corrected chi connectivity index (χ0v) is 45.9. The number of rotatable bonds is 56. The summed E-state index contributed by atoms with van der Waals surface area (Å²) < 4.78 is 17.5. The average molecular weight is 954 g/mol. The molecule has 0 aromatic heterocycles. The second-order valence-electron chi connectivity index (χ2n) is 20.2. The summed E-state index contributed by atoms with van der Waals surface area (Å²) in [6, 6.07) is 0. The van der Waals surface area contributed by atoms with Gasteiger partial charge in [-0.15, -0.1) is 0 Å². The monoisotopic (exact) mass is 953 g/mol. The summed E-state index contributed by atoms with van der Waals surface area (Å²) in [6.07, 6.45) is 74.2. The molecule has 0 amide bonds. The minimum Gasteiger partial charge on any atom is -0.462 e. The van der Waals surface area contributed by atoms with E-state index < -0.39 is 6.10 Å². The van der Waals surface area contributed by atoms with Gasteiger partial charge < -0.3 is 14.2 Å². The minimum absolute atomic E-state index is 0.0832. The minimum atomic E-state index is -0.543. The van der Waals surface area contributed by atoms with E-state index in [0.29, 0.717) is 19.4 Å². The number of esters is 2. The second-order valence-corrected chi connectivity index (χ2v) is 20.2. The van der Waals surface area contributed by atoms with Crippen molar-refractivity contribution in [3.63, 3.8) is 0 Å². The first-order valence-electron chi connectivity index (χ1n) is 30.2. The van der Waals surface area contributed by atoms with Crippen molar-refractivity contribution in [3.8, 4) is 0 Å². The number of ether oxygens (including phenoxy) is 3. The molecule has 0 aromatic rings. The SMILES string of the molecule is CC/C=C\C/C=C\C/C=C\C/C=C\CCCCCCCOCC(COC(=O)CCCCCCCCCCCCCCCCCCC)OC(=O)CCCCCCCCCCCCCCCCCCC. The molecule has 0 saturated carbocycles. The van der Waals surface area contributed by atoms with E-state index in [2.05, 4.69) is 69.4 Å². The van der Waals surface area contributed by atoms with Gasteiger partial charge in [-0.2, -0.15) is 0 Å². The van der Waals surface area contributed by atoms with Gasteiger partial charge in [0.15, 0.2) is 6.10 Å².